The van der Waals surface area contributed by atoms with Gasteiger partial charge in [0.2, 0.25) is 0 Å². The van der Waals surface area contributed by atoms with E-state index in [4.69, 9.17) is 9.47 Å². The zero-order valence-corrected chi connectivity index (χ0v) is 12.9. The average Bonchev–Trinajstić information content (AvgIpc) is 2.52. The highest BCUT2D eigenvalue weighted by Gasteiger charge is 2.12. The Balaban J connectivity index is 1.66. The van der Waals surface area contributed by atoms with Crippen LogP contribution in [-0.4, -0.2) is 39.5 Å². The molecule has 1 atom stereocenters. The molecule has 1 aromatic carbocycles. The van der Waals surface area contributed by atoms with Gasteiger partial charge in [-0.1, -0.05) is 26.0 Å². The van der Waals surface area contributed by atoms with E-state index in [1.54, 1.807) is 4.90 Å². The summed E-state index contributed by atoms with van der Waals surface area (Å²) in [5.41, 5.74) is 1.40. The van der Waals surface area contributed by atoms with Crippen LogP contribution in [0.1, 0.15) is 38.2 Å². The molecule has 0 aliphatic carbocycles. The Hall–Kier alpha value is -1.06. The van der Waals surface area contributed by atoms with Gasteiger partial charge in [-0.3, -0.25) is 0 Å². The van der Waals surface area contributed by atoms with Crippen molar-refractivity contribution in [2.75, 3.05) is 39.5 Å². The van der Waals surface area contributed by atoms with Crippen LogP contribution in [0, 0.1) is 0 Å². The number of quaternary nitrogens is 1. The van der Waals surface area contributed by atoms with E-state index in [-0.39, 0.29) is 0 Å². The second kappa shape index (κ2) is 8.28. The maximum atomic E-state index is 5.82. The molecule has 3 heteroatoms. The molecule has 0 unspecified atom stereocenters. The molecule has 3 nitrogen and oxygen atoms in total. The van der Waals surface area contributed by atoms with Crippen LogP contribution in [-0.2, 0) is 4.74 Å². The summed E-state index contributed by atoms with van der Waals surface area (Å²) >= 11 is 0. The Kier molecular flexibility index (Phi) is 6.34. The molecule has 1 N–H and O–H groups in total. The summed E-state index contributed by atoms with van der Waals surface area (Å²) in [6.07, 6.45) is 2.30. The molecule has 0 aromatic heterocycles. The first kappa shape index (κ1) is 15.3. The maximum absolute atomic E-state index is 5.82. The van der Waals surface area contributed by atoms with Crippen molar-refractivity contribution in [3.8, 4) is 5.75 Å². The fraction of sp³-hybridized carbons (Fsp3) is 0.647. The summed E-state index contributed by atoms with van der Waals surface area (Å²) in [7, 11) is 0. The van der Waals surface area contributed by atoms with E-state index in [2.05, 4.69) is 38.1 Å². The molecule has 2 rings (SSSR count). The molecule has 1 fully saturated rings. The van der Waals surface area contributed by atoms with Crippen molar-refractivity contribution >= 4 is 0 Å². The first-order valence-corrected chi connectivity index (χ1v) is 7.93. The molecule has 0 saturated carbocycles. The molecule has 1 aliphatic heterocycles. The number of hydrogen-bond acceptors (Lipinski definition) is 2. The zero-order chi connectivity index (χ0) is 14.2. The molecule has 0 bridgehead atoms. The van der Waals surface area contributed by atoms with Crippen molar-refractivity contribution in [1.29, 1.82) is 0 Å². The number of nitrogens with one attached hydrogen (secondary N) is 1. The SMILES string of the molecule is CC[C@H](C)c1ccc(OCCC[NH+]2CCOCC2)cc1. The molecule has 0 amide bonds. The van der Waals surface area contributed by atoms with Crippen LogP contribution in [0.5, 0.6) is 5.75 Å². The largest absolute Gasteiger partial charge is 0.493 e. The van der Waals surface area contributed by atoms with E-state index in [1.807, 2.05) is 0 Å². The lowest BCUT2D eigenvalue weighted by molar-refractivity contribution is -0.908. The van der Waals surface area contributed by atoms with Gasteiger partial charge in [0.05, 0.1) is 26.4 Å². The molecule has 0 spiro atoms. The van der Waals surface area contributed by atoms with Crippen LogP contribution in [0.15, 0.2) is 24.3 Å². The number of ether oxygens (including phenoxy) is 2. The van der Waals surface area contributed by atoms with E-state index >= 15 is 0 Å². The van der Waals surface area contributed by atoms with Gasteiger partial charge in [-0.25, -0.2) is 0 Å². The second-order valence-electron chi connectivity index (χ2n) is 5.69. The fourth-order valence-electron chi connectivity index (χ4n) is 2.55. The van der Waals surface area contributed by atoms with Crippen molar-refractivity contribution in [2.24, 2.45) is 0 Å². The molecule has 20 heavy (non-hydrogen) atoms. The third-order valence-electron chi connectivity index (χ3n) is 4.20. The Morgan fingerprint density at radius 2 is 1.90 bits per heavy atom. The normalized spacial score (nSPS) is 17.9. The minimum atomic E-state index is 0.633. The third-order valence-corrected chi connectivity index (χ3v) is 4.20. The standard InChI is InChI=1S/C17H27NO2/c1-3-15(2)16-5-7-17(8-6-16)20-12-4-9-18-10-13-19-14-11-18/h5-8,15H,3-4,9-14H2,1-2H3/p+1/t15-/m0/s1. The summed E-state index contributed by atoms with van der Waals surface area (Å²) < 4.78 is 11.2. The van der Waals surface area contributed by atoms with Gasteiger partial charge in [0, 0.05) is 6.42 Å². The van der Waals surface area contributed by atoms with Crippen molar-refractivity contribution in [3.05, 3.63) is 29.8 Å². The lowest BCUT2D eigenvalue weighted by atomic mass is 9.99. The Labute approximate surface area is 122 Å². The smallest absolute Gasteiger partial charge is 0.119 e. The monoisotopic (exact) mass is 278 g/mol. The molecule has 0 radical (unpaired) electrons. The topological polar surface area (TPSA) is 22.9 Å². The van der Waals surface area contributed by atoms with Crippen LogP contribution in [0.3, 0.4) is 0 Å². The van der Waals surface area contributed by atoms with Crippen LogP contribution in [0.25, 0.3) is 0 Å². The Morgan fingerprint density at radius 3 is 2.55 bits per heavy atom. The van der Waals surface area contributed by atoms with Crippen LogP contribution in [0.2, 0.25) is 0 Å². The highest BCUT2D eigenvalue weighted by Crippen LogP contribution is 2.21. The quantitative estimate of drug-likeness (QED) is 0.770. The van der Waals surface area contributed by atoms with Gasteiger partial charge in [-0.2, -0.15) is 0 Å². The van der Waals surface area contributed by atoms with Gasteiger partial charge in [-0.05, 0) is 30.0 Å². The van der Waals surface area contributed by atoms with Gasteiger partial charge in [-0.15, -0.1) is 0 Å². The second-order valence-corrected chi connectivity index (χ2v) is 5.69. The molecule has 1 aromatic rings. The molecule has 1 heterocycles. The van der Waals surface area contributed by atoms with E-state index in [9.17, 15) is 0 Å². The van der Waals surface area contributed by atoms with Crippen LogP contribution >= 0.6 is 0 Å². The number of rotatable bonds is 7. The molecular weight excluding hydrogens is 250 g/mol. The van der Waals surface area contributed by atoms with Crippen molar-refractivity contribution < 1.29 is 14.4 Å². The van der Waals surface area contributed by atoms with Gasteiger partial charge >= 0.3 is 0 Å². The predicted octanol–water partition coefficient (Wildman–Crippen LogP) is 1.88. The molecular formula is C17H28NO2+. The maximum Gasteiger partial charge on any atom is 0.119 e. The Bertz CT molecular complexity index is 371. The highest BCUT2D eigenvalue weighted by molar-refractivity contribution is 5.29. The zero-order valence-electron chi connectivity index (χ0n) is 12.9. The van der Waals surface area contributed by atoms with Crippen molar-refractivity contribution in [2.45, 2.75) is 32.6 Å². The summed E-state index contributed by atoms with van der Waals surface area (Å²) in [4.78, 5) is 1.65. The van der Waals surface area contributed by atoms with Gasteiger partial charge in [0.15, 0.2) is 0 Å². The molecule has 112 valence electrons. The Morgan fingerprint density at radius 1 is 1.20 bits per heavy atom. The van der Waals surface area contributed by atoms with Crippen LogP contribution in [0.4, 0.5) is 0 Å². The molecule has 1 saturated heterocycles. The molecule has 1 aliphatic rings. The highest BCUT2D eigenvalue weighted by atomic mass is 16.5. The summed E-state index contributed by atoms with van der Waals surface area (Å²) in [5, 5.41) is 0. The fourth-order valence-corrected chi connectivity index (χ4v) is 2.55. The van der Waals surface area contributed by atoms with Crippen molar-refractivity contribution in [3.63, 3.8) is 0 Å². The minimum absolute atomic E-state index is 0.633. The van der Waals surface area contributed by atoms with Gasteiger partial charge in [0.25, 0.3) is 0 Å². The van der Waals surface area contributed by atoms with E-state index < -0.39 is 0 Å². The lowest BCUT2D eigenvalue weighted by Crippen LogP contribution is -3.14. The first-order valence-electron chi connectivity index (χ1n) is 7.93. The van der Waals surface area contributed by atoms with E-state index in [0.717, 1.165) is 45.1 Å². The van der Waals surface area contributed by atoms with E-state index in [0.29, 0.717) is 5.92 Å². The summed E-state index contributed by atoms with van der Waals surface area (Å²) in [6, 6.07) is 8.58. The average molecular weight is 278 g/mol. The van der Waals surface area contributed by atoms with E-state index in [1.165, 1.54) is 18.5 Å². The van der Waals surface area contributed by atoms with Gasteiger partial charge < -0.3 is 14.4 Å². The number of benzene rings is 1. The van der Waals surface area contributed by atoms with Crippen molar-refractivity contribution in [1.82, 2.24) is 0 Å². The third kappa shape index (κ3) is 4.80. The van der Waals surface area contributed by atoms with Crippen LogP contribution < -0.4 is 9.64 Å². The number of hydrogen-bond donors (Lipinski definition) is 1. The number of morpholine rings is 1. The first-order chi connectivity index (χ1) is 9.79. The predicted molar refractivity (Wildman–Crippen MR) is 81.6 cm³/mol. The summed E-state index contributed by atoms with van der Waals surface area (Å²) in [5.74, 6) is 1.63. The minimum Gasteiger partial charge on any atom is -0.493 e. The van der Waals surface area contributed by atoms with Gasteiger partial charge in [0.1, 0.15) is 18.8 Å². The summed E-state index contributed by atoms with van der Waals surface area (Å²) in [6.45, 7) is 10.6. The lowest BCUT2D eigenvalue weighted by Gasteiger charge is -2.23.